The first kappa shape index (κ1) is 16.5. The average Bonchev–Trinajstić information content (AvgIpc) is 2.54. The Kier molecular flexibility index (Phi) is 5.36. The van der Waals surface area contributed by atoms with E-state index >= 15 is 0 Å². The summed E-state index contributed by atoms with van der Waals surface area (Å²) in [5.41, 5.74) is 1.07. The van der Waals surface area contributed by atoms with Crippen LogP contribution in [0.4, 0.5) is 5.69 Å². The van der Waals surface area contributed by atoms with Gasteiger partial charge in [-0.05, 0) is 44.2 Å². The molecule has 1 aliphatic carbocycles. The molecule has 0 aromatic heterocycles. The van der Waals surface area contributed by atoms with E-state index in [-0.39, 0.29) is 4.75 Å². The molecule has 1 aromatic rings. The van der Waals surface area contributed by atoms with Crippen molar-refractivity contribution in [2.45, 2.75) is 43.3 Å². The molecule has 1 unspecified atom stereocenters. The third-order valence-electron chi connectivity index (χ3n) is 5.08. The monoisotopic (exact) mass is 333 g/mol. The van der Waals surface area contributed by atoms with Gasteiger partial charge in [-0.15, -0.1) is 0 Å². The Bertz CT molecular complexity index is 563. The van der Waals surface area contributed by atoms with Crippen LogP contribution in [-0.2, 0) is 10.8 Å². The molecule has 1 aromatic carbocycles. The van der Waals surface area contributed by atoms with E-state index in [1.165, 1.54) is 25.7 Å². The minimum absolute atomic E-state index is 0.0839. The van der Waals surface area contributed by atoms with Gasteiger partial charge in [-0.2, -0.15) is 0 Å². The molecule has 0 spiro atoms. The van der Waals surface area contributed by atoms with E-state index in [9.17, 15) is 4.21 Å². The van der Waals surface area contributed by atoms with Crippen LogP contribution in [0.1, 0.15) is 38.5 Å². The number of para-hydroxylation sites is 1. The smallest absolute Gasteiger partial charge is 0.198 e. The molecule has 1 aliphatic heterocycles. The number of hydrogen-bond acceptors (Lipinski definition) is 2. The highest BCUT2D eigenvalue weighted by Gasteiger charge is 2.41. The van der Waals surface area contributed by atoms with Crippen LogP contribution in [0.3, 0.4) is 0 Å². The van der Waals surface area contributed by atoms with E-state index in [0.717, 1.165) is 37.6 Å². The van der Waals surface area contributed by atoms with Crippen LogP contribution in [0.5, 0.6) is 0 Å². The molecule has 1 saturated heterocycles. The van der Waals surface area contributed by atoms with Gasteiger partial charge in [-0.3, -0.25) is 9.20 Å². The molecule has 0 radical (unpaired) electrons. The summed E-state index contributed by atoms with van der Waals surface area (Å²) in [6.07, 6.45) is 8.84. The van der Waals surface area contributed by atoms with Crippen molar-refractivity contribution in [1.82, 2.24) is 4.90 Å². The first-order valence-corrected chi connectivity index (χ1v) is 10.2. The van der Waals surface area contributed by atoms with Crippen molar-refractivity contribution in [3.8, 4) is 0 Å². The molecule has 3 rings (SSSR count). The Hall–Kier alpha value is -1.36. The predicted octanol–water partition coefficient (Wildman–Crippen LogP) is 3.24. The standard InChI is InChI=1S/C18H27N3OS/c1-23(22)18(11-8-12-18)15-19-17(21-13-6-3-7-14-21)20-16-9-4-2-5-10-16/h2,4-5,9-10H,3,6-8,11-15H2,1H3,(H,19,20). The third kappa shape index (κ3) is 3.94. The Morgan fingerprint density at radius 2 is 1.87 bits per heavy atom. The normalized spacial score (nSPS) is 22.3. The number of likely N-dealkylation sites (tertiary alicyclic amines) is 1. The topological polar surface area (TPSA) is 44.7 Å². The fourth-order valence-electron chi connectivity index (χ4n) is 3.30. The van der Waals surface area contributed by atoms with Crippen molar-refractivity contribution >= 4 is 22.4 Å². The van der Waals surface area contributed by atoms with E-state index in [1.807, 2.05) is 24.5 Å². The summed E-state index contributed by atoms with van der Waals surface area (Å²) in [6.45, 7) is 2.78. The molecule has 2 fully saturated rings. The zero-order valence-electron chi connectivity index (χ0n) is 14.0. The molecule has 5 heteroatoms. The second-order valence-corrected chi connectivity index (χ2v) is 8.44. The van der Waals surface area contributed by atoms with Crippen molar-refractivity contribution in [2.24, 2.45) is 4.99 Å². The summed E-state index contributed by atoms with van der Waals surface area (Å²) >= 11 is 0. The maximum atomic E-state index is 12.1. The Morgan fingerprint density at radius 1 is 1.17 bits per heavy atom. The lowest BCUT2D eigenvalue weighted by atomic mass is 9.84. The fourth-order valence-corrected chi connectivity index (χ4v) is 4.41. The van der Waals surface area contributed by atoms with Gasteiger partial charge in [0.1, 0.15) is 0 Å². The fraction of sp³-hybridized carbons (Fsp3) is 0.611. The number of hydrogen-bond donors (Lipinski definition) is 1. The van der Waals surface area contributed by atoms with Crippen molar-refractivity contribution in [1.29, 1.82) is 0 Å². The molecular formula is C18H27N3OS. The molecule has 1 atom stereocenters. The van der Waals surface area contributed by atoms with Crippen molar-refractivity contribution < 1.29 is 4.21 Å². The van der Waals surface area contributed by atoms with Gasteiger partial charge in [0.2, 0.25) is 0 Å². The number of nitrogens with one attached hydrogen (secondary N) is 1. The number of benzene rings is 1. The summed E-state index contributed by atoms with van der Waals surface area (Å²) < 4.78 is 12.0. The van der Waals surface area contributed by atoms with Crippen LogP contribution in [0, 0.1) is 0 Å². The number of guanidine groups is 1. The van der Waals surface area contributed by atoms with Crippen LogP contribution in [-0.4, -0.2) is 45.7 Å². The molecule has 2 aliphatic rings. The van der Waals surface area contributed by atoms with Gasteiger partial charge in [0.15, 0.2) is 5.96 Å². The Morgan fingerprint density at radius 3 is 2.43 bits per heavy atom. The van der Waals surface area contributed by atoms with Crippen LogP contribution in [0.2, 0.25) is 0 Å². The number of aliphatic imine (C=N–C) groups is 1. The minimum atomic E-state index is -0.803. The Balaban J connectivity index is 1.76. The lowest BCUT2D eigenvalue weighted by Gasteiger charge is -2.39. The first-order valence-electron chi connectivity index (χ1n) is 8.65. The van der Waals surface area contributed by atoms with Crippen LogP contribution in [0.15, 0.2) is 35.3 Å². The number of rotatable bonds is 4. The van der Waals surface area contributed by atoms with E-state index in [4.69, 9.17) is 4.99 Å². The number of nitrogens with zero attached hydrogens (tertiary/aromatic N) is 2. The second-order valence-electron chi connectivity index (χ2n) is 6.67. The lowest BCUT2D eigenvalue weighted by Crippen LogP contribution is -2.46. The summed E-state index contributed by atoms with van der Waals surface area (Å²) in [5, 5.41) is 3.49. The Labute approximate surface area is 141 Å². The molecule has 0 amide bonds. The van der Waals surface area contributed by atoms with E-state index in [2.05, 4.69) is 22.3 Å². The van der Waals surface area contributed by atoms with Gasteiger partial charge in [-0.25, -0.2) is 0 Å². The van der Waals surface area contributed by atoms with Crippen LogP contribution < -0.4 is 5.32 Å². The van der Waals surface area contributed by atoms with Gasteiger partial charge in [0, 0.05) is 35.8 Å². The van der Waals surface area contributed by atoms with Gasteiger partial charge in [-0.1, -0.05) is 24.6 Å². The molecule has 1 heterocycles. The summed E-state index contributed by atoms with van der Waals surface area (Å²) in [6, 6.07) is 10.2. The highest BCUT2D eigenvalue weighted by molar-refractivity contribution is 7.85. The first-order chi connectivity index (χ1) is 11.2. The quantitative estimate of drug-likeness (QED) is 0.679. The van der Waals surface area contributed by atoms with Crippen molar-refractivity contribution in [3.63, 3.8) is 0 Å². The maximum Gasteiger partial charge on any atom is 0.198 e. The molecule has 0 bridgehead atoms. The van der Waals surface area contributed by atoms with Crippen LogP contribution in [0.25, 0.3) is 0 Å². The summed E-state index contributed by atoms with van der Waals surface area (Å²) in [4.78, 5) is 7.25. The zero-order valence-corrected chi connectivity index (χ0v) is 14.8. The highest BCUT2D eigenvalue weighted by Crippen LogP contribution is 2.37. The molecule has 1 saturated carbocycles. The number of anilines is 1. The van der Waals surface area contributed by atoms with Gasteiger partial charge >= 0.3 is 0 Å². The third-order valence-corrected chi connectivity index (χ3v) is 6.83. The zero-order chi connectivity index (χ0) is 16.1. The van der Waals surface area contributed by atoms with Crippen molar-refractivity contribution in [2.75, 3.05) is 31.2 Å². The molecule has 126 valence electrons. The molecule has 1 N–H and O–H groups in total. The summed E-state index contributed by atoms with van der Waals surface area (Å²) in [7, 11) is -0.803. The van der Waals surface area contributed by atoms with E-state index in [0.29, 0.717) is 6.54 Å². The minimum Gasteiger partial charge on any atom is -0.343 e. The van der Waals surface area contributed by atoms with E-state index < -0.39 is 10.8 Å². The summed E-state index contributed by atoms with van der Waals surface area (Å²) in [5.74, 6) is 0.952. The second kappa shape index (κ2) is 7.47. The largest absolute Gasteiger partial charge is 0.343 e. The molecule has 4 nitrogen and oxygen atoms in total. The number of piperidine rings is 1. The van der Waals surface area contributed by atoms with Gasteiger partial charge in [0.05, 0.1) is 11.3 Å². The maximum absolute atomic E-state index is 12.1. The SMILES string of the molecule is CS(=O)C1(CN=C(Nc2ccccc2)N2CCCCC2)CCC1. The predicted molar refractivity (Wildman–Crippen MR) is 98.4 cm³/mol. The highest BCUT2D eigenvalue weighted by atomic mass is 32.2. The van der Waals surface area contributed by atoms with Gasteiger partial charge < -0.3 is 10.2 Å². The van der Waals surface area contributed by atoms with Gasteiger partial charge in [0.25, 0.3) is 0 Å². The van der Waals surface area contributed by atoms with Crippen molar-refractivity contribution in [3.05, 3.63) is 30.3 Å². The van der Waals surface area contributed by atoms with E-state index in [1.54, 1.807) is 0 Å². The molecule has 23 heavy (non-hydrogen) atoms. The van der Waals surface area contributed by atoms with Crippen LogP contribution >= 0.6 is 0 Å². The molecular weight excluding hydrogens is 306 g/mol. The average molecular weight is 334 g/mol. The lowest BCUT2D eigenvalue weighted by molar-refractivity contribution is 0.333.